The van der Waals surface area contributed by atoms with Crippen LogP contribution >= 0.6 is 0 Å². The molecule has 5 heteroatoms. The molecule has 17 heavy (non-hydrogen) atoms. The molecule has 2 nitrogen and oxygen atoms in total. The summed E-state index contributed by atoms with van der Waals surface area (Å²) >= 11 is 0. The zero-order valence-electron chi connectivity index (χ0n) is 9.20. The molecule has 2 rings (SSSR count). The molecule has 94 valence electrons. The minimum atomic E-state index is -4.52. The van der Waals surface area contributed by atoms with Crippen molar-refractivity contribution in [2.24, 2.45) is 0 Å². The number of nitrogens with one attached hydrogen (secondary N) is 1. The van der Waals surface area contributed by atoms with Gasteiger partial charge in [0.15, 0.2) is 0 Å². The number of alkyl halides is 3. The van der Waals surface area contributed by atoms with Crippen LogP contribution in [0.2, 0.25) is 0 Å². The van der Waals surface area contributed by atoms with Crippen LogP contribution < -0.4 is 5.32 Å². The van der Waals surface area contributed by atoms with Crippen LogP contribution in [0, 0.1) is 0 Å². The van der Waals surface area contributed by atoms with E-state index in [0.29, 0.717) is 5.92 Å². The molecule has 1 aromatic rings. The molecule has 0 amide bonds. The van der Waals surface area contributed by atoms with Crippen LogP contribution in [0.15, 0.2) is 30.3 Å². The lowest BCUT2D eigenvalue weighted by atomic mass is 10.1. The van der Waals surface area contributed by atoms with Crippen LogP contribution in [0.4, 0.5) is 13.2 Å². The van der Waals surface area contributed by atoms with E-state index in [1.165, 1.54) is 5.56 Å². The second kappa shape index (κ2) is 5.06. The molecular weight excluding hydrogens is 231 g/mol. The summed E-state index contributed by atoms with van der Waals surface area (Å²) in [6.07, 6.45) is -3.54. The molecular formula is C12H14F3NO. The van der Waals surface area contributed by atoms with Gasteiger partial charge >= 0.3 is 6.36 Å². The average Bonchev–Trinajstić information content (AvgIpc) is 3.04. The first-order valence-corrected chi connectivity index (χ1v) is 5.55. The lowest BCUT2D eigenvalue weighted by Gasteiger charge is -2.08. The van der Waals surface area contributed by atoms with Gasteiger partial charge in [0.2, 0.25) is 0 Å². The first-order chi connectivity index (χ1) is 8.06. The lowest BCUT2D eigenvalue weighted by molar-refractivity contribution is -0.323. The van der Waals surface area contributed by atoms with Crippen LogP contribution in [0.5, 0.6) is 0 Å². The summed E-state index contributed by atoms with van der Waals surface area (Å²) < 4.78 is 38.7. The van der Waals surface area contributed by atoms with Crippen LogP contribution in [0.25, 0.3) is 0 Å². The Bertz CT molecular complexity index is 353. The SMILES string of the molecule is FC(F)(F)OCCNC1CC1c1ccccc1. The van der Waals surface area contributed by atoms with Gasteiger partial charge in [-0.25, -0.2) is 0 Å². The molecule has 0 bridgehead atoms. The molecule has 1 aliphatic rings. The van der Waals surface area contributed by atoms with Gasteiger partial charge in [0.25, 0.3) is 0 Å². The standard InChI is InChI=1S/C12H14F3NO/c13-12(14,15)17-7-6-16-11-8-10(11)9-4-2-1-3-5-9/h1-5,10-11,16H,6-8H2. The number of halogens is 3. The smallest absolute Gasteiger partial charge is 0.311 e. The monoisotopic (exact) mass is 245 g/mol. The fraction of sp³-hybridized carbons (Fsp3) is 0.500. The highest BCUT2D eigenvalue weighted by Gasteiger charge is 2.37. The molecule has 0 heterocycles. The van der Waals surface area contributed by atoms with Gasteiger partial charge in [-0.15, -0.1) is 13.2 Å². The summed E-state index contributed by atoms with van der Waals surface area (Å²) in [5.74, 6) is 0.432. The predicted octanol–water partition coefficient (Wildman–Crippen LogP) is 2.67. The molecule has 1 aromatic carbocycles. The molecule has 1 fully saturated rings. The van der Waals surface area contributed by atoms with Gasteiger partial charge in [0.1, 0.15) is 0 Å². The Balaban J connectivity index is 1.64. The van der Waals surface area contributed by atoms with Gasteiger partial charge in [-0.3, -0.25) is 4.74 Å². The Hall–Kier alpha value is -1.07. The Labute approximate surface area is 97.8 Å². The van der Waals surface area contributed by atoms with E-state index in [9.17, 15) is 13.2 Å². The number of hydrogen-bond acceptors (Lipinski definition) is 2. The Kier molecular flexibility index (Phi) is 3.69. The lowest BCUT2D eigenvalue weighted by Crippen LogP contribution is -2.26. The molecule has 2 atom stereocenters. The van der Waals surface area contributed by atoms with Crippen molar-refractivity contribution < 1.29 is 17.9 Å². The quantitative estimate of drug-likeness (QED) is 0.805. The van der Waals surface area contributed by atoms with Crippen LogP contribution in [-0.4, -0.2) is 25.6 Å². The highest BCUT2D eigenvalue weighted by molar-refractivity contribution is 5.27. The minimum Gasteiger partial charge on any atom is -0.311 e. The van der Waals surface area contributed by atoms with Gasteiger partial charge in [-0.1, -0.05) is 30.3 Å². The summed E-state index contributed by atoms with van der Waals surface area (Å²) in [6.45, 7) is -0.102. The Morgan fingerprint density at radius 3 is 2.59 bits per heavy atom. The largest absolute Gasteiger partial charge is 0.522 e. The van der Waals surface area contributed by atoms with Gasteiger partial charge in [0.05, 0.1) is 6.61 Å². The second-order valence-corrected chi connectivity index (χ2v) is 4.11. The third-order valence-corrected chi connectivity index (χ3v) is 2.79. The molecule has 1 saturated carbocycles. The third kappa shape index (κ3) is 4.02. The minimum absolute atomic E-state index is 0.230. The summed E-state index contributed by atoms with van der Waals surface area (Å²) in [4.78, 5) is 0. The topological polar surface area (TPSA) is 21.3 Å². The second-order valence-electron chi connectivity index (χ2n) is 4.11. The van der Waals surface area contributed by atoms with E-state index in [0.717, 1.165) is 6.42 Å². The van der Waals surface area contributed by atoms with Crippen molar-refractivity contribution in [2.45, 2.75) is 24.7 Å². The first kappa shape index (κ1) is 12.4. The van der Waals surface area contributed by atoms with E-state index >= 15 is 0 Å². The predicted molar refractivity (Wildman–Crippen MR) is 57.6 cm³/mol. The Morgan fingerprint density at radius 2 is 1.94 bits per heavy atom. The Morgan fingerprint density at radius 1 is 1.24 bits per heavy atom. The molecule has 0 saturated heterocycles. The van der Waals surface area contributed by atoms with Gasteiger partial charge in [0, 0.05) is 18.5 Å². The number of ether oxygens (including phenoxy) is 1. The normalized spacial score (nSPS) is 23.7. The molecule has 0 aromatic heterocycles. The van der Waals surface area contributed by atoms with Crippen molar-refractivity contribution in [1.82, 2.24) is 5.32 Å². The van der Waals surface area contributed by atoms with Crippen LogP contribution in [-0.2, 0) is 4.74 Å². The molecule has 2 unspecified atom stereocenters. The first-order valence-electron chi connectivity index (χ1n) is 5.55. The van der Waals surface area contributed by atoms with Crippen molar-refractivity contribution in [2.75, 3.05) is 13.2 Å². The number of hydrogen-bond donors (Lipinski definition) is 1. The van der Waals surface area contributed by atoms with E-state index in [-0.39, 0.29) is 19.2 Å². The average molecular weight is 245 g/mol. The van der Waals surface area contributed by atoms with Crippen LogP contribution in [0.1, 0.15) is 17.9 Å². The molecule has 0 radical (unpaired) electrons. The fourth-order valence-corrected chi connectivity index (χ4v) is 1.90. The fourth-order valence-electron chi connectivity index (χ4n) is 1.90. The van der Waals surface area contributed by atoms with E-state index < -0.39 is 6.36 Å². The maximum atomic E-state index is 11.7. The molecule has 1 N–H and O–H groups in total. The van der Waals surface area contributed by atoms with Gasteiger partial charge in [-0.05, 0) is 12.0 Å². The summed E-state index contributed by atoms with van der Waals surface area (Å²) in [6, 6.07) is 10.3. The molecule has 0 spiro atoms. The summed E-state index contributed by atoms with van der Waals surface area (Å²) in [5.41, 5.74) is 1.24. The zero-order chi connectivity index (χ0) is 12.3. The van der Waals surface area contributed by atoms with Crippen molar-refractivity contribution in [3.05, 3.63) is 35.9 Å². The summed E-state index contributed by atoms with van der Waals surface area (Å²) in [5, 5.41) is 3.05. The van der Waals surface area contributed by atoms with Gasteiger partial charge in [-0.2, -0.15) is 0 Å². The highest BCUT2D eigenvalue weighted by atomic mass is 19.4. The third-order valence-electron chi connectivity index (χ3n) is 2.79. The highest BCUT2D eigenvalue weighted by Crippen LogP contribution is 2.40. The van der Waals surface area contributed by atoms with Crippen molar-refractivity contribution in [3.8, 4) is 0 Å². The van der Waals surface area contributed by atoms with E-state index in [1.54, 1.807) is 0 Å². The zero-order valence-corrected chi connectivity index (χ0v) is 9.20. The van der Waals surface area contributed by atoms with Crippen molar-refractivity contribution >= 4 is 0 Å². The maximum Gasteiger partial charge on any atom is 0.522 e. The van der Waals surface area contributed by atoms with Crippen LogP contribution in [0.3, 0.4) is 0 Å². The molecule has 0 aliphatic heterocycles. The molecule has 1 aliphatic carbocycles. The number of rotatable bonds is 5. The maximum absolute atomic E-state index is 11.7. The van der Waals surface area contributed by atoms with Crippen molar-refractivity contribution in [1.29, 1.82) is 0 Å². The number of benzene rings is 1. The van der Waals surface area contributed by atoms with E-state index in [2.05, 4.69) is 10.1 Å². The van der Waals surface area contributed by atoms with Gasteiger partial charge < -0.3 is 5.32 Å². The summed E-state index contributed by atoms with van der Waals surface area (Å²) in [7, 11) is 0. The van der Waals surface area contributed by atoms with Crippen molar-refractivity contribution in [3.63, 3.8) is 0 Å². The van der Waals surface area contributed by atoms with E-state index in [4.69, 9.17) is 0 Å². The van der Waals surface area contributed by atoms with E-state index in [1.807, 2.05) is 30.3 Å².